The van der Waals surface area contributed by atoms with Gasteiger partial charge in [-0.3, -0.25) is 0 Å². The zero-order chi connectivity index (χ0) is 44.7. The van der Waals surface area contributed by atoms with Crippen LogP contribution in [0.25, 0.3) is 0 Å². The maximum absolute atomic E-state index is 15.0. The topological polar surface area (TPSA) is 46.2 Å². The van der Waals surface area contributed by atoms with Crippen LogP contribution in [0.1, 0.15) is 112 Å². The predicted octanol–water partition coefficient (Wildman–Crippen LogP) is 13.1. The summed E-state index contributed by atoms with van der Waals surface area (Å²) in [5.74, 6) is -0.687. The molecule has 4 aromatic rings. The molecule has 1 unspecified atom stereocenters. The molecule has 4 aromatic carbocycles. The molecular formula is C49H62B2F4O5Si. The molecule has 0 saturated carbocycles. The van der Waals surface area contributed by atoms with Crippen molar-refractivity contribution in [2.75, 3.05) is 0 Å². The summed E-state index contributed by atoms with van der Waals surface area (Å²) in [4.78, 5) is 0. The second-order valence-corrected chi connectivity index (χ2v) is 24.3. The highest BCUT2D eigenvalue weighted by Crippen LogP contribution is 2.61. The van der Waals surface area contributed by atoms with Gasteiger partial charge < -0.3 is 23.0 Å². The summed E-state index contributed by atoms with van der Waals surface area (Å²) in [6.07, 6.45) is 2.30. The Morgan fingerprint density at radius 1 is 0.541 bits per heavy atom. The molecule has 0 aliphatic carbocycles. The Morgan fingerprint density at radius 3 is 1.13 bits per heavy atom. The highest BCUT2D eigenvalue weighted by atomic mass is 28.4. The quantitative estimate of drug-likeness (QED) is 0.0880. The Labute approximate surface area is 363 Å². The maximum Gasteiger partial charge on any atom is 0.486 e. The summed E-state index contributed by atoms with van der Waals surface area (Å²) >= 11 is 0. The third-order valence-corrected chi connectivity index (χ3v) is 19.9. The zero-order valence-corrected chi connectivity index (χ0v) is 38.8. The third kappa shape index (κ3) is 8.50. The van der Waals surface area contributed by atoms with Crippen LogP contribution in [0.4, 0.5) is 17.6 Å². The molecule has 0 radical (unpaired) electrons. The van der Waals surface area contributed by atoms with Crippen LogP contribution in [0.5, 0.6) is 0 Å². The fourth-order valence-electron chi connectivity index (χ4n) is 9.84. The molecule has 0 N–H and O–H groups in total. The SMILES string of the molecule is CCC(C)[C@H](O[Si](C(C)C)(C(C)C)C(C)C)[C@@H](/C=C/B1OC(C)(C)C(C)(C)O1)B1OC(c2ccc(F)cc2)(c2ccc(F)cc2)C(c2ccc(F)cc2)(c2ccc(F)cc2)O1. The van der Waals surface area contributed by atoms with E-state index in [1.54, 1.807) is 48.5 Å². The van der Waals surface area contributed by atoms with Crippen LogP contribution < -0.4 is 0 Å². The van der Waals surface area contributed by atoms with Crippen LogP contribution in [-0.4, -0.2) is 39.9 Å². The standard InChI is InChI=1S/C49H62B2F4O5Si/c1-13-35(8)45(56-61(32(2)3,33(4)5)34(6)7)44(30-31-50-57-46(9,10)47(11,12)58-50)51-59-48(36-14-22-40(52)23-15-36,37-16-24-41(53)25-17-37)49(60-51,38-18-26-42(54)27-19-38)39-20-28-43(55)29-21-39/h14-35,44-45H,13H2,1-12H3/b31-30+/t35?,44-,45+/m1/s1. The lowest BCUT2D eigenvalue weighted by Crippen LogP contribution is -2.53. The van der Waals surface area contributed by atoms with Gasteiger partial charge in [0.2, 0.25) is 8.32 Å². The van der Waals surface area contributed by atoms with Crippen molar-refractivity contribution >= 4 is 22.6 Å². The smallest absolute Gasteiger partial charge is 0.413 e. The van der Waals surface area contributed by atoms with Crippen LogP contribution in [0, 0.1) is 29.2 Å². The van der Waals surface area contributed by atoms with Gasteiger partial charge in [0.05, 0.1) is 17.3 Å². The molecule has 0 spiro atoms. The van der Waals surface area contributed by atoms with Crippen molar-refractivity contribution in [1.29, 1.82) is 0 Å². The summed E-state index contributed by atoms with van der Waals surface area (Å²) in [6.45, 7) is 25.8. The van der Waals surface area contributed by atoms with Gasteiger partial charge in [0.15, 0.2) is 0 Å². The minimum Gasteiger partial charge on any atom is -0.413 e. The van der Waals surface area contributed by atoms with E-state index in [1.807, 2.05) is 39.7 Å². The lowest BCUT2D eigenvalue weighted by atomic mass is 9.64. The molecule has 2 aliphatic rings. The van der Waals surface area contributed by atoms with E-state index in [2.05, 4.69) is 55.4 Å². The van der Waals surface area contributed by atoms with E-state index in [0.29, 0.717) is 22.3 Å². The van der Waals surface area contributed by atoms with Crippen molar-refractivity contribution in [1.82, 2.24) is 0 Å². The van der Waals surface area contributed by atoms with E-state index >= 15 is 0 Å². The molecule has 2 aliphatic heterocycles. The van der Waals surface area contributed by atoms with Gasteiger partial charge in [0, 0.05) is 5.82 Å². The average Bonchev–Trinajstić information content (AvgIpc) is 3.66. The second-order valence-electron chi connectivity index (χ2n) is 18.9. The molecule has 0 aromatic heterocycles. The molecule has 0 bridgehead atoms. The molecule has 2 heterocycles. The predicted molar refractivity (Wildman–Crippen MR) is 239 cm³/mol. The van der Waals surface area contributed by atoms with Crippen molar-refractivity contribution in [3.8, 4) is 0 Å². The van der Waals surface area contributed by atoms with Crippen LogP contribution >= 0.6 is 0 Å². The Morgan fingerprint density at radius 2 is 0.852 bits per heavy atom. The minimum absolute atomic E-state index is 0.0269. The molecule has 5 nitrogen and oxygen atoms in total. The van der Waals surface area contributed by atoms with Crippen molar-refractivity contribution < 1.29 is 40.6 Å². The summed E-state index contributed by atoms with van der Waals surface area (Å²) in [6, 6.07) is 23.7. The molecule has 326 valence electrons. The molecule has 12 heteroatoms. The fourth-order valence-corrected chi connectivity index (χ4v) is 15.5. The van der Waals surface area contributed by atoms with Crippen LogP contribution in [0.3, 0.4) is 0 Å². The van der Waals surface area contributed by atoms with Gasteiger partial charge >= 0.3 is 14.2 Å². The number of benzene rings is 4. The van der Waals surface area contributed by atoms with Crippen LogP contribution in [0.2, 0.25) is 22.4 Å². The summed E-state index contributed by atoms with van der Waals surface area (Å²) < 4.78 is 96.1. The zero-order valence-electron chi connectivity index (χ0n) is 37.8. The Hall–Kier alpha value is -3.51. The first-order valence-electron chi connectivity index (χ1n) is 21.8. The van der Waals surface area contributed by atoms with E-state index in [9.17, 15) is 17.6 Å². The van der Waals surface area contributed by atoms with Gasteiger partial charge in [-0.15, -0.1) is 0 Å². The largest absolute Gasteiger partial charge is 0.486 e. The number of hydrogen-bond acceptors (Lipinski definition) is 5. The van der Waals surface area contributed by atoms with E-state index < -0.39 is 80.1 Å². The lowest BCUT2D eigenvalue weighted by Gasteiger charge is -2.47. The van der Waals surface area contributed by atoms with E-state index in [-0.39, 0.29) is 22.5 Å². The highest BCUT2D eigenvalue weighted by molar-refractivity contribution is 6.77. The molecule has 3 atom stereocenters. The van der Waals surface area contributed by atoms with Crippen LogP contribution in [-0.2, 0) is 34.2 Å². The van der Waals surface area contributed by atoms with Crippen molar-refractivity contribution in [3.63, 3.8) is 0 Å². The van der Waals surface area contributed by atoms with Crippen LogP contribution in [0.15, 0.2) is 109 Å². The lowest BCUT2D eigenvalue weighted by molar-refractivity contribution is 0.00351. The first-order valence-corrected chi connectivity index (χ1v) is 23.9. The van der Waals surface area contributed by atoms with Gasteiger partial charge in [0.1, 0.15) is 34.5 Å². The Balaban J connectivity index is 1.71. The van der Waals surface area contributed by atoms with Crippen molar-refractivity contribution in [3.05, 3.63) is 155 Å². The van der Waals surface area contributed by atoms with E-state index in [4.69, 9.17) is 23.0 Å². The molecule has 2 fully saturated rings. The third-order valence-electron chi connectivity index (χ3n) is 13.8. The van der Waals surface area contributed by atoms with Gasteiger partial charge in [-0.1, -0.05) is 122 Å². The van der Waals surface area contributed by atoms with Gasteiger partial charge in [-0.05, 0) is 121 Å². The minimum atomic E-state index is -2.62. The first kappa shape index (κ1) is 47.0. The molecule has 61 heavy (non-hydrogen) atoms. The summed E-state index contributed by atoms with van der Waals surface area (Å²) in [5, 5.41) is 0. The van der Waals surface area contributed by atoms with Gasteiger partial charge in [-0.25, -0.2) is 17.6 Å². The van der Waals surface area contributed by atoms with Crippen molar-refractivity contribution in [2.24, 2.45) is 5.92 Å². The second kappa shape index (κ2) is 17.9. The molecule has 2 saturated heterocycles. The first-order chi connectivity index (χ1) is 28.6. The average molecular weight is 857 g/mol. The summed E-state index contributed by atoms with van der Waals surface area (Å²) in [7, 11) is -4.47. The molecule has 6 rings (SSSR count). The number of rotatable bonds is 15. The Bertz CT molecular complexity index is 1880. The van der Waals surface area contributed by atoms with Gasteiger partial charge in [-0.2, -0.15) is 0 Å². The number of halogens is 4. The van der Waals surface area contributed by atoms with Crippen molar-refractivity contribution in [2.45, 2.75) is 140 Å². The van der Waals surface area contributed by atoms with E-state index in [0.717, 1.165) is 6.42 Å². The molecular weight excluding hydrogens is 794 g/mol. The molecule has 0 amide bonds. The number of hydrogen-bond donors (Lipinski definition) is 0. The maximum atomic E-state index is 15.0. The monoisotopic (exact) mass is 856 g/mol. The normalized spacial score (nSPS) is 20.0. The summed E-state index contributed by atoms with van der Waals surface area (Å²) in [5.41, 5.74) is -2.03. The Kier molecular flexibility index (Phi) is 13.8. The van der Waals surface area contributed by atoms with Gasteiger partial charge in [0.25, 0.3) is 0 Å². The van der Waals surface area contributed by atoms with E-state index in [1.165, 1.54) is 48.5 Å². The fraction of sp³-hybridized carbons (Fsp3) is 0.469. The highest BCUT2D eigenvalue weighted by Gasteiger charge is 2.68.